The van der Waals surface area contributed by atoms with E-state index in [1.54, 1.807) is 18.3 Å². The number of nitriles is 1. The van der Waals surface area contributed by atoms with Gasteiger partial charge in [0.2, 0.25) is 0 Å². The predicted molar refractivity (Wildman–Crippen MR) is 64.5 cm³/mol. The van der Waals surface area contributed by atoms with E-state index in [0.29, 0.717) is 23.0 Å². The minimum absolute atomic E-state index is 0.334. The standard InChI is InChI=1S/C12H13N5O/c1-17(2)6-4-11-15-12(18-16-11)9-3-5-14-10(7-9)8-13/h3,5,7H,4,6H2,1-2H3. The maximum Gasteiger partial charge on any atom is 0.258 e. The maximum absolute atomic E-state index is 8.77. The van der Waals surface area contributed by atoms with Gasteiger partial charge in [-0.05, 0) is 26.2 Å². The van der Waals surface area contributed by atoms with Gasteiger partial charge in [-0.2, -0.15) is 10.2 Å². The van der Waals surface area contributed by atoms with Gasteiger partial charge in [0.25, 0.3) is 5.89 Å². The van der Waals surface area contributed by atoms with Gasteiger partial charge in [-0.3, -0.25) is 0 Å². The summed E-state index contributed by atoms with van der Waals surface area (Å²) < 4.78 is 5.17. The highest BCUT2D eigenvalue weighted by atomic mass is 16.5. The Balaban J connectivity index is 2.16. The molecule has 0 aliphatic heterocycles. The molecule has 2 rings (SSSR count). The normalized spacial score (nSPS) is 10.6. The highest BCUT2D eigenvalue weighted by Crippen LogP contribution is 2.17. The third-order valence-electron chi connectivity index (χ3n) is 2.37. The molecular weight excluding hydrogens is 230 g/mol. The second-order valence-electron chi connectivity index (χ2n) is 4.11. The summed E-state index contributed by atoms with van der Waals surface area (Å²) in [7, 11) is 3.98. The van der Waals surface area contributed by atoms with Gasteiger partial charge >= 0.3 is 0 Å². The number of hydrogen-bond donors (Lipinski definition) is 0. The first kappa shape index (κ1) is 12.2. The van der Waals surface area contributed by atoms with Gasteiger partial charge in [-0.15, -0.1) is 0 Å². The molecule has 0 bridgehead atoms. The Kier molecular flexibility index (Phi) is 3.65. The lowest BCUT2D eigenvalue weighted by atomic mass is 10.2. The predicted octanol–water partition coefficient (Wildman–Crippen LogP) is 1.11. The Bertz CT molecular complexity index is 570. The summed E-state index contributed by atoms with van der Waals surface area (Å²) in [5.74, 6) is 1.08. The zero-order chi connectivity index (χ0) is 13.0. The van der Waals surface area contributed by atoms with Crippen LogP contribution >= 0.6 is 0 Å². The molecule has 2 heterocycles. The van der Waals surface area contributed by atoms with E-state index in [4.69, 9.17) is 9.78 Å². The molecule has 92 valence electrons. The molecule has 2 aromatic heterocycles. The Morgan fingerprint density at radius 2 is 2.28 bits per heavy atom. The van der Waals surface area contributed by atoms with Crippen LogP contribution in [0.4, 0.5) is 0 Å². The van der Waals surface area contributed by atoms with Crippen LogP contribution in [0.1, 0.15) is 11.5 Å². The second kappa shape index (κ2) is 5.38. The largest absolute Gasteiger partial charge is 0.334 e. The molecule has 0 aliphatic rings. The van der Waals surface area contributed by atoms with E-state index in [2.05, 4.69) is 20.0 Å². The first-order valence-electron chi connectivity index (χ1n) is 5.53. The number of nitrogens with zero attached hydrogens (tertiary/aromatic N) is 5. The van der Waals surface area contributed by atoms with Crippen LogP contribution in [0, 0.1) is 11.3 Å². The third-order valence-corrected chi connectivity index (χ3v) is 2.37. The van der Waals surface area contributed by atoms with E-state index < -0.39 is 0 Å². The molecule has 0 saturated carbocycles. The van der Waals surface area contributed by atoms with Crippen LogP contribution in [-0.2, 0) is 6.42 Å². The lowest BCUT2D eigenvalue weighted by Gasteiger charge is -2.05. The lowest BCUT2D eigenvalue weighted by molar-refractivity contribution is 0.392. The SMILES string of the molecule is CN(C)CCc1noc(-c2ccnc(C#N)c2)n1. The van der Waals surface area contributed by atoms with E-state index >= 15 is 0 Å². The quantitative estimate of drug-likeness (QED) is 0.800. The van der Waals surface area contributed by atoms with E-state index in [9.17, 15) is 0 Å². The van der Waals surface area contributed by atoms with Gasteiger partial charge in [0, 0.05) is 24.7 Å². The molecule has 0 unspecified atom stereocenters. The van der Waals surface area contributed by atoms with Crippen LogP contribution in [0.5, 0.6) is 0 Å². The molecule has 6 nitrogen and oxygen atoms in total. The minimum atomic E-state index is 0.334. The van der Waals surface area contributed by atoms with E-state index in [1.165, 1.54) is 0 Å². The van der Waals surface area contributed by atoms with E-state index in [1.807, 2.05) is 20.2 Å². The van der Waals surface area contributed by atoms with E-state index in [-0.39, 0.29) is 0 Å². The van der Waals surface area contributed by atoms with Gasteiger partial charge in [-0.1, -0.05) is 5.16 Å². The summed E-state index contributed by atoms with van der Waals surface area (Å²) in [5, 5.41) is 12.7. The van der Waals surface area contributed by atoms with Crippen LogP contribution in [0.15, 0.2) is 22.9 Å². The third kappa shape index (κ3) is 2.90. The van der Waals surface area contributed by atoms with Crippen molar-refractivity contribution in [3.8, 4) is 17.5 Å². The fourth-order valence-corrected chi connectivity index (χ4v) is 1.42. The molecule has 2 aromatic rings. The topological polar surface area (TPSA) is 78.8 Å². The lowest BCUT2D eigenvalue weighted by Crippen LogP contribution is -2.15. The van der Waals surface area contributed by atoms with Gasteiger partial charge in [0.1, 0.15) is 11.8 Å². The molecule has 0 aliphatic carbocycles. The highest BCUT2D eigenvalue weighted by Gasteiger charge is 2.09. The average Bonchev–Trinajstić information content (AvgIpc) is 2.85. The first-order chi connectivity index (χ1) is 8.69. The van der Waals surface area contributed by atoms with Gasteiger partial charge < -0.3 is 9.42 Å². The first-order valence-corrected chi connectivity index (χ1v) is 5.53. The number of hydrogen-bond acceptors (Lipinski definition) is 6. The maximum atomic E-state index is 8.77. The van der Waals surface area contributed by atoms with Crippen LogP contribution in [0.2, 0.25) is 0 Å². The van der Waals surface area contributed by atoms with Gasteiger partial charge in [0.05, 0.1) is 0 Å². The summed E-state index contributed by atoms with van der Waals surface area (Å²) in [6.45, 7) is 0.860. The number of likely N-dealkylation sites (N-methyl/N-ethyl adjacent to an activating group) is 1. The van der Waals surface area contributed by atoms with Crippen molar-refractivity contribution in [3.63, 3.8) is 0 Å². The van der Waals surface area contributed by atoms with Crippen LogP contribution < -0.4 is 0 Å². The summed E-state index contributed by atoms with van der Waals surface area (Å²) >= 11 is 0. The van der Waals surface area contributed by atoms with Crippen molar-refractivity contribution in [2.24, 2.45) is 0 Å². The smallest absolute Gasteiger partial charge is 0.258 e. The van der Waals surface area contributed by atoms with Crippen molar-refractivity contribution in [2.75, 3.05) is 20.6 Å². The molecule has 0 aromatic carbocycles. The zero-order valence-corrected chi connectivity index (χ0v) is 10.3. The summed E-state index contributed by atoms with van der Waals surface area (Å²) in [5.41, 5.74) is 1.05. The molecule has 0 amide bonds. The second-order valence-corrected chi connectivity index (χ2v) is 4.11. The molecular formula is C12H13N5O. The Labute approximate surface area is 105 Å². The van der Waals surface area contributed by atoms with Crippen molar-refractivity contribution >= 4 is 0 Å². The minimum Gasteiger partial charge on any atom is -0.334 e. The summed E-state index contributed by atoms with van der Waals surface area (Å²) in [6.07, 6.45) is 2.28. The highest BCUT2D eigenvalue weighted by molar-refractivity contribution is 5.53. The molecule has 0 fully saturated rings. The van der Waals surface area contributed by atoms with Crippen molar-refractivity contribution in [2.45, 2.75) is 6.42 Å². The monoisotopic (exact) mass is 243 g/mol. The number of rotatable bonds is 4. The Morgan fingerprint density at radius 1 is 1.44 bits per heavy atom. The average molecular weight is 243 g/mol. The van der Waals surface area contributed by atoms with Crippen LogP contribution in [0.3, 0.4) is 0 Å². The van der Waals surface area contributed by atoms with Gasteiger partial charge in [-0.25, -0.2) is 4.98 Å². The fourth-order valence-electron chi connectivity index (χ4n) is 1.42. The molecule has 0 N–H and O–H groups in total. The number of pyridine rings is 1. The van der Waals surface area contributed by atoms with Crippen molar-refractivity contribution in [1.29, 1.82) is 5.26 Å². The van der Waals surface area contributed by atoms with Crippen molar-refractivity contribution < 1.29 is 4.52 Å². The zero-order valence-electron chi connectivity index (χ0n) is 10.3. The molecule has 0 atom stereocenters. The summed E-state index contributed by atoms with van der Waals surface area (Å²) in [6, 6.07) is 5.34. The van der Waals surface area contributed by atoms with Gasteiger partial charge in [0.15, 0.2) is 5.82 Å². The van der Waals surface area contributed by atoms with E-state index in [0.717, 1.165) is 13.0 Å². The summed E-state index contributed by atoms with van der Waals surface area (Å²) in [4.78, 5) is 10.2. The molecule has 0 spiro atoms. The molecule has 6 heteroatoms. The Hall–Kier alpha value is -2.26. The molecule has 18 heavy (non-hydrogen) atoms. The van der Waals surface area contributed by atoms with Crippen molar-refractivity contribution in [3.05, 3.63) is 29.8 Å². The molecule has 0 radical (unpaired) electrons. The molecule has 0 saturated heterocycles. The van der Waals surface area contributed by atoms with Crippen LogP contribution in [-0.4, -0.2) is 40.7 Å². The van der Waals surface area contributed by atoms with Crippen molar-refractivity contribution in [1.82, 2.24) is 20.0 Å². The Morgan fingerprint density at radius 3 is 3.00 bits per heavy atom. The number of aromatic nitrogens is 3. The fraction of sp³-hybridized carbons (Fsp3) is 0.333. The van der Waals surface area contributed by atoms with Crippen LogP contribution in [0.25, 0.3) is 11.5 Å².